The van der Waals surface area contributed by atoms with Gasteiger partial charge in [0.1, 0.15) is 12.3 Å². The predicted molar refractivity (Wildman–Crippen MR) is 102 cm³/mol. The average Bonchev–Trinajstić information content (AvgIpc) is 2.60. The molecule has 1 amide bonds. The number of likely N-dealkylation sites (N-methyl/N-ethyl adjacent to an activating group) is 1. The fourth-order valence-corrected chi connectivity index (χ4v) is 6.08. The molecule has 4 heteroatoms. The zero-order chi connectivity index (χ0) is 18.3. The van der Waals surface area contributed by atoms with E-state index in [4.69, 9.17) is 4.74 Å². The molecule has 142 valence electrons. The number of carbonyl (C=O) groups excluding carboxylic acids is 1. The highest BCUT2D eigenvalue weighted by molar-refractivity contribution is 5.80. The van der Waals surface area contributed by atoms with E-state index in [1.54, 1.807) is 7.11 Å². The largest absolute Gasteiger partial charge is 0.497 e. The van der Waals surface area contributed by atoms with Gasteiger partial charge in [0.25, 0.3) is 5.91 Å². The Labute approximate surface area is 157 Å². The van der Waals surface area contributed by atoms with Gasteiger partial charge in [-0.05, 0) is 87.5 Å². The highest BCUT2D eigenvalue weighted by atomic mass is 16.5. The van der Waals surface area contributed by atoms with Crippen LogP contribution in [0.2, 0.25) is 0 Å². The van der Waals surface area contributed by atoms with Crippen LogP contribution in [0.5, 0.6) is 5.75 Å². The lowest BCUT2D eigenvalue weighted by molar-refractivity contribution is -0.908. The summed E-state index contributed by atoms with van der Waals surface area (Å²) in [5.41, 5.74) is 1.35. The smallest absolute Gasteiger partial charge is 0.278 e. The van der Waals surface area contributed by atoms with Gasteiger partial charge < -0.3 is 15.0 Å². The number of benzene rings is 1. The van der Waals surface area contributed by atoms with Crippen molar-refractivity contribution in [3.05, 3.63) is 29.8 Å². The van der Waals surface area contributed by atoms with Gasteiger partial charge in [0.15, 0.2) is 6.04 Å². The van der Waals surface area contributed by atoms with Crippen LogP contribution in [0.4, 0.5) is 0 Å². The molecule has 1 aromatic carbocycles. The number of hydrogen-bond donors (Lipinski definition) is 2. The molecule has 4 fully saturated rings. The Morgan fingerprint density at radius 1 is 1.15 bits per heavy atom. The fourth-order valence-electron chi connectivity index (χ4n) is 6.08. The van der Waals surface area contributed by atoms with Crippen molar-refractivity contribution in [2.45, 2.75) is 63.6 Å². The van der Waals surface area contributed by atoms with E-state index in [1.807, 2.05) is 12.1 Å². The Bertz CT molecular complexity index is 619. The average molecular weight is 358 g/mol. The first kappa shape index (κ1) is 17.8. The summed E-state index contributed by atoms with van der Waals surface area (Å²) in [6, 6.07) is 8.12. The Morgan fingerprint density at radius 3 is 2.19 bits per heavy atom. The molecule has 0 saturated heterocycles. The topological polar surface area (TPSA) is 42.8 Å². The lowest BCUT2D eigenvalue weighted by Gasteiger charge is -2.57. The highest BCUT2D eigenvalue weighted by Gasteiger charge is 2.52. The van der Waals surface area contributed by atoms with Crippen LogP contribution < -0.4 is 15.0 Å². The van der Waals surface area contributed by atoms with E-state index in [0.29, 0.717) is 0 Å². The van der Waals surface area contributed by atoms with Gasteiger partial charge in [-0.15, -0.1) is 0 Å². The molecule has 0 radical (unpaired) electrons. The van der Waals surface area contributed by atoms with E-state index >= 15 is 0 Å². The third-order valence-electron chi connectivity index (χ3n) is 7.20. The van der Waals surface area contributed by atoms with Gasteiger partial charge in [-0.3, -0.25) is 4.79 Å². The molecule has 1 aromatic rings. The zero-order valence-corrected chi connectivity index (χ0v) is 16.4. The molecule has 4 nitrogen and oxygen atoms in total. The molecule has 4 aliphatic rings. The van der Waals surface area contributed by atoms with E-state index in [1.165, 1.54) is 49.0 Å². The first-order chi connectivity index (χ1) is 12.5. The number of methoxy groups -OCH3 is 1. The molecule has 0 aromatic heterocycles. The zero-order valence-electron chi connectivity index (χ0n) is 16.4. The van der Waals surface area contributed by atoms with Gasteiger partial charge in [0.05, 0.1) is 14.2 Å². The number of carbonyl (C=O) groups is 1. The Kier molecular flexibility index (Phi) is 4.72. The van der Waals surface area contributed by atoms with Crippen molar-refractivity contribution in [1.82, 2.24) is 5.32 Å². The minimum atomic E-state index is -0.0369. The van der Waals surface area contributed by atoms with Gasteiger partial charge in [-0.25, -0.2) is 0 Å². The molecule has 0 heterocycles. The SMILES string of the molecule is COc1ccc(C[NH+](C)[C@H](C)C(=O)NC23CC4CC(CC(C4)C2)C3)cc1. The van der Waals surface area contributed by atoms with Crippen molar-refractivity contribution in [3.63, 3.8) is 0 Å². The maximum atomic E-state index is 13.0. The minimum Gasteiger partial charge on any atom is -0.497 e. The number of amides is 1. The third kappa shape index (κ3) is 3.48. The van der Waals surface area contributed by atoms with Crippen LogP contribution in [-0.4, -0.2) is 31.6 Å². The summed E-state index contributed by atoms with van der Waals surface area (Å²) in [5, 5.41) is 3.53. The number of hydrogen-bond acceptors (Lipinski definition) is 2. The van der Waals surface area contributed by atoms with Crippen LogP contribution in [0.1, 0.15) is 51.0 Å². The van der Waals surface area contributed by atoms with Crippen molar-refractivity contribution in [3.8, 4) is 5.75 Å². The quantitative estimate of drug-likeness (QED) is 0.820. The second-order valence-electron chi connectivity index (χ2n) is 9.28. The predicted octanol–water partition coefficient (Wildman–Crippen LogP) is 2.18. The van der Waals surface area contributed by atoms with E-state index < -0.39 is 0 Å². The first-order valence-corrected chi connectivity index (χ1v) is 10.2. The van der Waals surface area contributed by atoms with Gasteiger partial charge >= 0.3 is 0 Å². The first-order valence-electron chi connectivity index (χ1n) is 10.2. The Morgan fingerprint density at radius 2 is 1.69 bits per heavy atom. The van der Waals surface area contributed by atoms with Crippen molar-refractivity contribution in [2.24, 2.45) is 17.8 Å². The monoisotopic (exact) mass is 357 g/mol. The number of ether oxygens (including phenoxy) is 1. The Balaban J connectivity index is 1.36. The summed E-state index contributed by atoms with van der Waals surface area (Å²) < 4.78 is 5.22. The Hall–Kier alpha value is -1.55. The molecule has 4 bridgehead atoms. The lowest BCUT2D eigenvalue weighted by atomic mass is 9.53. The molecule has 4 saturated carbocycles. The van der Waals surface area contributed by atoms with E-state index in [2.05, 4.69) is 31.4 Å². The van der Waals surface area contributed by atoms with Crippen molar-refractivity contribution >= 4 is 5.91 Å². The van der Waals surface area contributed by atoms with Crippen LogP contribution in [0.25, 0.3) is 0 Å². The molecule has 2 atom stereocenters. The molecular formula is C22H33N2O2+. The highest BCUT2D eigenvalue weighted by Crippen LogP contribution is 2.55. The van der Waals surface area contributed by atoms with Crippen LogP contribution in [0.3, 0.4) is 0 Å². The third-order valence-corrected chi connectivity index (χ3v) is 7.20. The maximum absolute atomic E-state index is 13.0. The van der Waals surface area contributed by atoms with E-state index in [0.717, 1.165) is 30.0 Å². The normalized spacial score (nSPS) is 34.3. The molecule has 0 spiro atoms. The molecule has 0 aliphatic heterocycles. The van der Waals surface area contributed by atoms with Crippen molar-refractivity contribution in [1.29, 1.82) is 0 Å². The summed E-state index contributed by atoms with van der Waals surface area (Å²) in [7, 11) is 3.80. The van der Waals surface area contributed by atoms with Crippen molar-refractivity contribution in [2.75, 3.05) is 14.2 Å². The van der Waals surface area contributed by atoms with Crippen LogP contribution in [0, 0.1) is 17.8 Å². The second kappa shape index (κ2) is 6.88. The van der Waals surface area contributed by atoms with Crippen LogP contribution >= 0.6 is 0 Å². The van der Waals surface area contributed by atoms with Crippen LogP contribution in [-0.2, 0) is 11.3 Å². The molecule has 1 unspecified atom stereocenters. The molecule has 26 heavy (non-hydrogen) atoms. The summed E-state index contributed by atoms with van der Waals surface area (Å²) in [6.07, 6.45) is 7.88. The minimum absolute atomic E-state index is 0.0369. The van der Waals surface area contributed by atoms with Gasteiger partial charge in [0, 0.05) is 11.1 Å². The van der Waals surface area contributed by atoms with Gasteiger partial charge in [0.2, 0.25) is 0 Å². The fraction of sp³-hybridized carbons (Fsp3) is 0.682. The molecule has 2 N–H and O–H groups in total. The van der Waals surface area contributed by atoms with Crippen molar-refractivity contribution < 1.29 is 14.4 Å². The summed E-state index contributed by atoms with van der Waals surface area (Å²) >= 11 is 0. The van der Waals surface area contributed by atoms with E-state index in [-0.39, 0.29) is 17.5 Å². The van der Waals surface area contributed by atoms with Crippen LogP contribution in [0.15, 0.2) is 24.3 Å². The summed E-state index contributed by atoms with van der Waals surface area (Å²) in [5.74, 6) is 3.70. The molecular weight excluding hydrogens is 324 g/mol. The number of nitrogens with one attached hydrogen (secondary N) is 2. The summed E-state index contributed by atoms with van der Waals surface area (Å²) in [6.45, 7) is 2.91. The standard InChI is InChI=1S/C22H32N2O2/c1-15(24(2)14-16-4-6-20(26-3)7-5-16)21(25)23-22-11-17-8-18(12-22)10-19(9-17)13-22/h4-7,15,17-19H,8-14H2,1-3H3,(H,23,25)/p+1/t15-,17?,18?,19?,22?/m1/s1. The maximum Gasteiger partial charge on any atom is 0.278 e. The van der Waals surface area contributed by atoms with Gasteiger partial charge in [-0.1, -0.05) is 0 Å². The van der Waals surface area contributed by atoms with E-state index in [9.17, 15) is 4.79 Å². The number of quaternary nitrogens is 1. The van der Waals surface area contributed by atoms with Gasteiger partial charge in [-0.2, -0.15) is 0 Å². The number of rotatable bonds is 6. The lowest BCUT2D eigenvalue weighted by Crippen LogP contribution is -3.12. The second-order valence-corrected chi connectivity index (χ2v) is 9.28. The molecule has 4 aliphatic carbocycles. The molecule has 5 rings (SSSR count). The summed E-state index contributed by atoms with van der Waals surface area (Å²) in [4.78, 5) is 14.2.